The van der Waals surface area contributed by atoms with Gasteiger partial charge in [-0.05, 0) is 105 Å². The number of hydrogen-bond acceptors (Lipinski definition) is 4. The van der Waals surface area contributed by atoms with E-state index in [0.29, 0.717) is 31.3 Å². The van der Waals surface area contributed by atoms with Crippen molar-refractivity contribution in [3.63, 3.8) is 0 Å². The quantitative estimate of drug-likeness (QED) is 0.125. The molecule has 0 bridgehead atoms. The Morgan fingerprint density at radius 2 is 1.49 bits per heavy atom. The predicted molar refractivity (Wildman–Crippen MR) is 159 cm³/mol. The fourth-order valence-corrected chi connectivity index (χ4v) is 5.64. The molecule has 2 atom stereocenters. The van der Waals surface area contributed by atoms with Crippen LogP contribution in [0.2, 0.25) is 0 Å². The van der Waals surface area contributed by atoms with E-state index >= 15 is 0 Å². The van der Waals surface area contributed by atoms with Crippen molar-refractivity contribution in [2.45, 2.75) is 89.9 Å². The van der Waals surface area contributed by atoms with Crippen LogP contribution in [0.3, 0.4) is 0 Å². The summed E-state index contributed by atoms with van der Waals surface area (Å²) in [7, 11) is 1.64. The number of methoxy groups -OCH3 is 1. The summed E-state index contributed by atoms with van der Waals surface area (Å²) in [4.78, 5) is 15.1. The molecule has 0 N–H and O–H groups in total. The third kappa shape index (κ3) is 11.3. The number of halogens is 1. The third-order valence-corrected chi connectivity index (χ3v) is 8.24. The molecule has 3 rings (SSSR count). The average Bonchev–Trinajstić information content (AvgIpc) is 3.49. The summed E-state index contributed by atoms with van der Waals surface area (Å²) in [5, 5.41) is 0. The van der Waals surface area contributed by atoms with E-state index in [0.717, 1.165) is 36.3 Å². The summed E-state index contributed by atoms with van der Waals surface area (Å²) in [5.41, 5.74) is 2.17. The molecule has 1 heterocycles. The largest absolute Gasteiger partial charge is 0.497 e. The van der Waals surface area contributed by atoms with Crippen LogP contribution in [-0.4, -0.2) is 50.7 Å². The Morgan fingerprint density at radius 1 is 0.846 bits per heavy atom. The average molecular weight is 540 g/mol. The van der Waals surface area contributed by atoms with Gasteiger partial charge in [-0.3, -0.25) is 9.18 Å². The molecule has 2 aromatic rings. The maximum absolute atomic E-state index is 12.4. The van der Waals surface area contributed by atoms with Crippen LogP contribution in [0.1, 0.15) is 106 Å². The standard InChI is InChI=1S/C34H50FNO3/c1-28(29-15-21-33(22-16-29)39-26-12-9-23-35)31(27-36-24-10-11-25-36)13-7-5-3-4-6-8-14-34(37)30-17-19-32(38-2)20-18-30/h15-22,28,31H,3-14,23-27H2,1-2H3. The van der Waals surface area contributed by atoms with Crippen molar-refractivity contribution in [3.8, 4) is 11.5 Å². The molecule has 1 aliphatic rings. The van der Waals surface area contributed by atoms with Crippen LogP contribution < -0.4 is 9.47 Å². The number of alkyl halides is 1. The van der Waals surface area contributed by atoms with Gasteiger partial charge in [0.1, 0.15) is 11.5 Å². The highest BCUT2D eigenvalue weighted by Crippen LogP contribution is 2.31. The topological polar surface area (TPSA) is 38.8 Å². The number of nitrogens with zero attached hydrogens (tertiary/aromatic N) is 1. The minimum Gasteiger partial charge on any atom is -0.497 e. The van der Waals surface area contributed by atoms with Gasteiger partial charge in [-0.25, -0.2) is 0 Å². The van der Waals surface area contributed by atoms with Crippen molar-refractivity contribution in [3.05, 3.63) is 59.7 Å². The Labute approximate surface area is 236 Å². The van der Waals surface area contributed by atoms with Gasteiger partial charge in [0.05, 0.1) is 20.4 Å². The van der Waals surface area contributed by atoms with E-state index in [9.17, 15) is 9.18 Å². The van der Waals surface area contributed by atoms with Crippen LogP contribution in [0.4, 0.5) is 4.39 Å². The van der Waals surface area contributed by atoms with E-state index < -0.39 is 0 Å². The van der Waals surface area contributed by atoms with Crippen molar-refractivity contribution >= 4 is 5.78 Å². The molecule has 1 saturated heterocycles. The Bertz CT molecular complexity index is 924. The lowest BCUT2D eigenvalue weighted by Gasteiger charge is -2.29. The second kappa shape index (κ2) is 18.0. The maximum atomic E-state index is 12.4. The van der Waals surface area contributed by atoms with E-state index in [4.69, 9.17) is 9.47 Å². The summed E-state index contributed by atoms with van der Waals surface area (Å²) in [6.07, 6.45) is 12.9. The first kappa shape index (κ1) is 31.1. The summed E-state index contributed by atoms with van der Waals surface area (Å²) in [6.45, 7) is 6.36. The maximum Gasteiger partial charge on any atom is 0.162 e. The molecule has 2 aromatic carbocycles. The molecule has 1 fully saturated rings. The smallest absolute Gasteiger partial charge is 0.162 e. The van der Waals surface area contributed by atoms with Crippen molar-refractivity contribution in [1.82, 2.24) is 4.90 Å². The second-order valence-electron chi connectivity index (χ2n) is 11.2. The lowest BCUT2D eigenvalue weighted by Crippen LogP contribution is -2.29. The van der Waals surface area contributed by atoms with Crippen molar-refractivity contribution in [1.29, 1.82) is 0 Å². The molecule has 1 aliphatic heterocycles. The van der Waals surface area contributed by atoms with Gasteiger partial charge in [-0.15, -0.1) is 0 Å². The third-order valence-electron chi connectivity index (χ3n) is 8.24. The van der Waals surface area contributed by atoms with E-state index in [1.165, 1.54) is 70.1 Å². The molecule has 0 amide bonds. The monoisotopic (exact) mass is 539 g/mol. The Balaban J connectivity index is 1.36. The minimum absolute atomic E-state index is 0.229. The van der Waals surface area contributed by atoms with E-state index in [-0.39, 0.29) is 12.5 Å². The van der Waals surface area contributed by atoms with Crippen molar-refractivity contribution in [2.24, 2.45) is 5.92 Å². The molecule has 0 radical (unpaired) electrons. The number of likely N-dealkylation sites (tertiary alicyclic amines) is 1. The molecule has 0 spiro atoms. The normalized spacial score (nSPS) is 15.3. The summed E-state index contributed by atoms with van der Waals surface area (Å²) >= 11 is 0. The fourth-order valence-electron chi connectivity index (χ4n) is 5.64. The zero-order chi connectivity index (χ0) is 27.7. The number of Topliss-reactive ketones (excluding diaryl/α,β-unsaturated/α-hetero) is 1. The van der Waals surface area contributed by atoms with Gasteiger partial charge in [-0.1, -0.05) is 51.2 Å². The number of carbonyl (C=O) groups excluding carboxylic acids is 1. The number of benzene rings is 2. The molecule has 0 aromatic heterocycles. The zero-order valence-electron chi connectivity index (χ0n) is 24.3. The molecule has 39 heavy (non-hydrogen) atoms. The van der Waals surface area contributed by atoms with Crippen LogP contribution in [0.25, 0.3) is 0 Å². The first-order chi connectivity index (χ1) is 19.1. The Morgan fingerprint density at radius 3 is 2.15 bits per heavy atom. The first-order valence-corrected chi connectivity index (χ1v) is 15.3. The first-order valence-electron chi connectivity index (χ1n) is 15.3. The van der Waals surface area contributed by atoms with Crippen LogP contribution >= 0.6 is 0 Å². The van der Waals surface area contributed by atoms with E-state index in [2.05, 4.69) is 36.1 Å². The zero-order valence-corrected chi connectivity index (χ0v) is 24.3. The van der Waals surface area contributed by atoms with Gasteiger partial charge in [0.25, 0.3) is 0 Å². The van der Waals surface area contributed by atoms with Gasteiger partial charge < -0.3 is 14.4 Å². The highest BCUT2D eigenvalue weighted by atomic mass is 19.1. The lowest BCUT2D eigenvalue weighted by molar-refractivity contribution is 0.0979. The number of ether oxygens (including phenoxy) is 2. The van der Waals surface area contributed by atoms with Crippen LogP contribution in [0.5, 0.6) is 11.5 Å². The SMILES string of the molecule is COc1ccc(C(=O)CCCCCCCCC(CN2CCCC2)C(C)c2ccc(OCCCCF)cc2)cc1. The van der Waals surface area contributed by atoms with Gasteiger partial charge in [0.2, 0.25) is 0 Å². The summed E-state index contributed by atoms with van der Waals surface area (Å²) in [5.74, 6) is 3.06. The molecular formula is C34H50FNO3. The number of ketones is 1. The molecule has 0 aliphatic carbocycles. The molecule has 5 heteroatoms. The van der Waals surface area contributed by atoms with Gasteiger partial charge in [-0.2, -0.15) is 0 Å². The highest BCUT2D eigenvalue weighted by molar-refractivity contribution is 5.96. The van der Waals surface area contributed by atoms with Gasteiger partial charge in [0.15, 0.2) is 5.78 Å². The number of carbonyl (C=O) groups is 1. The molecular weight excluding hydrogens is 489 g/mol. The Hall–Kier alpha value is -2.40. The van der Waals surface area contributed by atoms with Gasteiger partial charge >= 0.3 is 0 Å². The van der Waals surface area contributed by atoms with Crippen LogP contribution in [0, 0.1) is 5.92 Å². The lowest BCUT2D eigenvalue weighted by atomic mass is 9.83. The highest BCUT2D eigenvalue weighted by Gasteiger charge is 2.23. The van der Waals surface area contributed by atoms with Crippen molar-refractivity contribution in [2.75, 3.05) is 40.0 Å². The molecule has 0 saturated carbocycles. The number of rotatable bonds is 20. The Kier molecular flexibility index (Phi) is 14.4. The minimum atomic E-state index is -0.273. The molecule has 4 nitrogen and oxygen atoms in total. The van der Waals surface area contributed by atoms with Crippen LogP contribution in [0.15, 0.2) is 48.5 Å². The van der Waals surface area contributed by atoms with Crippen molar-refractivity contribution < 1.29 is 18.7 Å². The van der Waals surface area contributed by atoms with Crippen LogP contribution in [-0.2, 0) is 0 Å². The second-order valence-corrected chi connectivity index (χ2v) is 11.2. The molecule has 216 valence electrons. The van der Waals surface area contributed by atoms with Gasteiger partial charge in [0, 0.05) is 18.5 Å². The predicted octanol–water partition coefficient (Wildman–Crippen LogP) is 8.64. The molecule has 2 unspecified atom stereocenters. The van der Waals surface area contributed by atoms with E-state index in [1.807, 2.05) is 24.3 Å². The summed E-state index contributed by atoms with van der Waals surface area (Å²) < 4.78 is 23.2. The number of hydrogen-bond donors (Lipinski definition) is 0. The fraction of sp³-hybridized carbons (Fsp3) is 0.618. The van der Waals surface area contributed by atoms with E-state index in [1.54, 1.807) is 7.11 Å². The summed E-state index contributed by atoms with van der Waals surface area (Å²) in [6, 6.07) is 16.0. The number of unbranched alkanes of at least 4 members (excludes halogenated alkanes) is 6.